The van der Waals surface area contributed by atoms with E-state index in [9.17, 15) is 23.1 Å². The van der Waals surface area contributed by atoms with Gasteiger partial charge >= 0.3 is 5.97 Å². The van der Waals surface area contributed by atoms with Gasteiger partial charge in [-0.3, -0.25) is 14.8 Å². The number of hydrogen-bond acceptors (Lipinski definition) is 5. The van der Waals surface area contributed by atoms with Crippen molar-refractivity contribution in [1.82, 2.24) is 19.2 Å². The van der Waals surface area contributed by atoms with Gasteiger partial charge in [0.05, 0.1) is 16.0 Å². The zero-order valence-corrected chi connectivity index (χ0v) is 18.0. The molecule has 1 aliphatic rings. The summed E-state index contributed by atoms with van der Waals surface area (Å²) in [7, 11) is 0. The quantitative estimate of drug-likeness (QED) is 0.565. The third-order valence-corrected chi connectivity index (χ3v) is 6.81. The Balaban J connectivity index is 1.70. The predicted octanol–water partition coefficient (Wildman–Crippen LogP) is 4.31. The molecule has 1 fully saturated rings. The number of halogens is 3. The van der Waals surface area contributed by atoms with Crippen LogP contribution in [0.1, 0.15) is 34.6 Å². The Kier molecular flexibility index (Phi) is 6.05. The molecule has 3 aromatic heterocycles. The number of nitrogens with zero attached hydrogens (tertiary/aromatic N) is 4. The molecule has 2 unspecified atom stereocenters. The van der Waals surface area contributed by atoms with E-state index in [1.807, 2.05) is 23.6 Å². The van der Waals surface area contributed by atoms with Crippen LogP contribution in [0.4, 0.5) is 13.2 Å². The number of carbonyl (C=O) groups is 1. The molecule has 0 radical (unpaired) electrons. The van der Waals surface area contributed by atoms with Gasteiger partial charge in [-0.2, -0.15) is 0 Å². The molecule has 0 aliphatic carbocycles. The Bertz CT molecular complexity index is 1080. The van der Waals surface area contributed by atoms with Crippen LogP contribution in [0.15, 0.2) is 30.0 Å². The third kappa shape index (κ3) is 4.07. The molecular weight excluding hydrogens is 429 g/mol. The van der Waals surface area contributed by atoms with E-state index in [1.165, 1.54) is 11.3 Å². The number of carboxylic acids is 1. The molecule has 31 heavy (non-hydrogen) atoms. The van der Waals surface area contributed by atoms with Gasteiger partial charge in [0.2, 0.25) is 6.30 Å². The molecule has 2 atom stereocenters. The van der Waals surface area contributed by atoms with E-state index in [4.69, 9.17) is 0 Å². The fourth-order valence-corrected chi connectivity index (χ4v) is 4.91. The number of piperazine rings is 1. The summed E-state index contributed by atoms with van der Waals surface area (Å²) < 4.78 is 41.1. The van der Waals surface area contributed by atoms with Gasteiger partial charge in [0, 0.05) is 61.4 Å². The van der Waals surface area contributed by atoms with Crippen LogP contribution >= 0.6 is 11.3 Å². The topological polar surface area (TPSA) is 61.1 Å². The average molecular weight is 453 g/mol. The number of thiazole rings is 1. The molecule has 3 aromatic rings. The monoisotopic (exact) mass is 452 g/mol. The predicted molar refractivity (Wildman–Crippen MR) is 113 cm³/mol. The molecule has 0 spiro atoms. The summed E-state index contributed by atoms with van der Waals surface area (Å²) in [4.78, 5) is 20.2. The Morgan fingerprint density at radius 1 is 1.16 bits per heavy atom. The largest absolute Gasteiger partial charge is 0.478 e. The molecule has 1 saturated heterocycles. The summed E-state index contributed by atoms with van der Waals surface area (Å²) in [6.07, 6.45) is -1.54. The highest BCUT2D eigenvalue weighted by Gasteiger charge is 2.32. The molecule has 0 saturated carbocycles. The lowest BCUT2D eigenvalue weighted by Gasteiger charge is -2.39. The number of aromatic nitrogens is 2. The van der Waals surface area contributed by atoms with Gasteiger partial charge in [0.15, 0.2) is 0 Å². The number of fused-ring (bicyclic) bond motifs is 1. The molecule has 166 valence electrons. The number of pyridine rings is 1. The zero-order chi connectivity index (χ0) is 22.3. The Hall–Kier alpha value is -2.43. The second-order valence-corrected chi connectivity index (χ2v) is 8.60. The molecule has 0 amide bonds. The summed E-state index contributed by atoms with van der Waals surface area (Å²) in [5.41, 5.74) is 5.14. The summed E-state index contributed by atoms with van der Waals surface area (Å²) in [6, 6.07) is 3.41. The first kappa shape index (κ1) is 21.8. The van der Waals surface area contributed by atoms with Crippen molar-refractivity contribution < 1.29 is 23.1 Å². The van der Waals surface area contributed by atoms with Crippen molar-refractivity contribution in [3.8, 4) is 10.4 Å². The van der Waals surface area contributed by atoms with Crippen molar-refractivity contribution in [3.05, 3.63) is 46.9 Å². The number of aromatic carboxylic acids is 1. The SMILES string of the molecule is Cc1c(C(=O)O)cc2cc(-c3cncs3)cn2c1C(C)N1CCN(C(F)C(F)F)CC1. The Morgan fingerprint density at radius 2 is 1.84 bits per heavy atom. The lowest BCUT2D eigenvalue weighted by Crippen LogP contribution is -2.51. The van der Waals surface area contributed by atoms with E-state index < -0.39 is 18.7 Å². The molecule has 6 nitrogen and oxygen atoms in total. The van der Waals surface area contributed by atoms with Gasteiger partial charge in [-0.1, -0.05) is 0 Å². The molecule has 4 heterocycles. The average Bonchev–Trinajstić information content (AvgIpc) is 3.41. The fraction of sp³-hybridized carbons (Fsp3) is 0.429. The van der Waals surface area contributed by atoms with Gasteiger partial charge in [0.25, 0.3) is 6.43 Å². The molecule has 4 rings (SSSR count). The van der Waals surface area contributed by atoms with Crippen molar-refractivity contribution in [3.63, 3.8) is 0 Å². The van der Waals surface area contributed by atoms with Gasteiger partial charge in [-0.05, 0) is 31.5 Å². The highest BCUT2D eigenvalue weighted by Crippen LogP contribution is 2.33. The Labute approximate surface area is 181 Å². The Morgan fingerprint density at radius 3 is 2.42 bits per heavy atom. The van der Waals surface area contributed by atoms with E-state index in [0.29, 0.717) is 18.7 Å². The van der Waals surface area contributed by atoms with Gasteiger partial charge in [-0.25, -0.2) is 18.0 Å². The first-order valence-electron chi connectivity index (χ1n) is 9.96. The van der Waals surface area contributed by atoms with Crippen LogP contribution in [0.5, 0.6) is 0 Å². The van der Waals surface area contributed by atoms with Crippen molar-refractivity contribution in [2.75, 3.05) is 26.2 Å². The van der Waals surface area contributed by atoms with Gasteiger partial charge in [0.1, 0.15) is 0 Å². The van der Waals surface area contributed by atoms with Crippen LogP contribution in [-0.2, 0) is 0 Å². The smallest absolute Gasteiger partial charge is 0.336 e. The third-order valence-electron chi connectivity index (χ3n) is 5.99. The van der Waals surface area contributed by atoms with Crippen molar-refractivity contribution in [2.45, 2.75) is 32.6 Å². The number of alkyl halides is 3. The summed E-state index contributed by atoms with van der Waals surface area (Å²) in [5, 5.41) is 9.73. The van der Waals surface area contributed by atoms with E-state index in [0.717, 1.165) is 26.6 Å². The maximum atomic E-state index is 13.7. The second-order valence-electron chi connectivity index (χ2n) is 7.72. The lowest BCUT2D eigenvalue weighted by molar-refractivity contribution is -0.0688. The maximum absolute atomic E-state index is 13.7. The molecule has 0 bridgehead atoms. The molecular formula is C21H23F3N4O2S. The van der Waals surface area contributed by atoms with Crippen LogP contribution < -0.4 is 0 Å². The summed E-state index contributed by atoms with van der Waals surface area (Å²) >= 11 is 1.50. The first-order valence-corrected chi connectivity index (χ1v) is 10.8. The standard InChI is InChI=1S/C21H23F3N4O2S/c1-12-16(21(29)30)8-15-7-14(17-9-25-11-31-17)10-28(15)18(12)13(2)26-3-5-27(6-4-26)20(24)19(22)23/h7-11,13,19-20H,3-6H2,1-2H3,(H,29,30). The van der Waals surface area contributed by atoms with Crippen molar-refractivity contribution >= 4 is 22.8 Å². The minimum atomic E-state index is -3.02. The van der Waals surface area contributed by atoms with E-state index in [2.05, 4.69) is 9.88 Å². The molecule has 1 aliphatic heterocycles. The minimum absolute atomic E-state index is 0.185. The number of carboxylic acid groups (broad SMARTS) is 1. The lowest BCUT2D eigenvalue weighted by atomic mass is 10.0. The number of rotatable bonds is 6. The van der Waals surface area contributed by atoms with Crippen molar-refractivity contribution in [2.24, 2.45) is 0 Å². The highest BCUT2D eigenvalue weighted by atomic mass is 32.1. The maximum Gasteiger partial charge on any atom is 0.336 e. The van der Waals surface area contributed by atoms with Crippen LogP contribution in [0, 0.1) is 6.92 Å². The second kappa shape index (κ2) is 8.60. The summed E-state index contributed by atoms with van der Waals surface area (Å²) in [6.45, 7) is 4.95. The zero-order valence-electron chi connectivity index (χ0n) is 17.1. The van der Waals surface area contributed by atoms with E-state index >= 15 is 0 Å². The van der Waals surface area contributed by atoms with Gasteiger partial charge < -0.3 is 9.51 Å². The highest BCUT2D eigenvalue weighted by molar-refractivity contribution is 7.13. The molecule has 10 heteroatoms. The van der Waals surface area contributed by atoms with Crippen LogP contribution in [-0.4, -0.2) is 69.2 Å². The molecule has 1 N–H and O–H groups in total. The normalized spacial score (nSPS) is 18.0. The first-order chi connectivity index (χ1) is 14.8. The molecule has 0 aromatic carbocycles. The summed E-state index contributed by atoms with van der Waals surface area (Å²) in [5.74, 6) is -1.00. The van der Waals surface area contributed by atoms with Crippen LogP contribution in [0.2, 0.25) is 0 Å². The minimum Gasteiger partial charge on any atom is -0.478 e. The van der Waals surface area contributed by atoms with Gasteiger partial charge in [-0.15, -0.1) is 11.3 Å². The van der Waals surface area contributed by atoms with E-state index in [1.54, 1.807) is 24.7 Å². The fourth-order valence-electron chi connectivity index (χ4n) is 4.31. The van der Waals surface area contributed by atoms with Crippen molar-refractivity contribution in [1.29, 1.82) is 0 Å². The number of hydrogen-bond donors (Lipinski definition) is 1. The van der Waals surface area contributed by atoms with Crippen LogP contribution in [0.25, 0.3) is 16.0 Å². The van der Waals surface area contributed by atoms with E-state index in [-0.39, 0.29) is 24.7 Å². The van der Waals surface area contributed by atoms with Crippen LogP contribution in [0.3, 0.4) is 0 Å².